The van der Waals surface area contributed by atoms with Crippen molar-refractivity contribution in [3.05, 3.63) is 36.8 Å². The highest BCUT2D eigenvalue weighted by Crippen LogP contribution is 2.01. The number of rotatable bonds is 12. The third kappa shape index (κ3) is 9.76. The highest BCUT2D eigenvalue weighted by molar-refractivity contribution is 14.0. The number of hydrogen-bond donors (Lipinski definition) is 2. The number of furan rings is 1. The van der Waals surface area contributed by atoms with Crippen LogP contribution in [0.3, 0.4) is 0 Å². The first kappa shape index (κ1) is 22.4. The molecule has 2 aromatic heterocycles. The third-order valence-corrected chi connectivity index (χ3v) is 3.49. The molecule has 2 rings (SSSR count). The van der Waals surface area contributed by atoms with E-state index < -0.39 is 0 Å². The van der Waals surface area contributed by atoms with Crippen molar-refractivity contribution in [2.24, 2.45) is 4.99 Å². The Morgan fingerprint density at radius 3 is 2.81 bits per heavy atom. The van der Waals surface area contributed by atoms with Gasteiger partial charge in [0, 0.05) is 32.8 Å². The summed E-state index contributed by atoms with van der Waals surface area (Å²) in [5.41, 5.74) is 0. The Labute approximate surface area is 171 Å². The molecule has 0 unspecified atom stereocenters. The second-order valence-corrected chi connectivity index (χ2v) is 5.58. The first-order chi connectivity index (χ1) is 12.4. The summed E-state index contributed by atoms with van der Waals surface area (Å²) in [6, 6.07) is 3.78. The molecule has 146 valence electrons. The van der Waals surface area contributed by atoms with Crippen molar-refractivity contribution in [3.8, 4) is 0 Å². The number of halogens is 1. The molecule has 8 nitrogen and oxygen atoms in total. The van der Waals surface area contributed by atoms with Crippen molar-refractivity contribution in [1.82, 2.24) is 25.4 Å². The topological polar surface area (TPSA) is 89.5 Å². The number of aryl methyl sites for hydroxylation is 1. The van der Waals surface area contributed by atoms with Gasteiger partial charge in [-0.2, -0.15) is 0 Å². The van der Waals surface area contributed by atoms with Crippen LogP contribution in [0.1, 0.15) is 31.9 Å². The SMILES string of the molecule is CCNC(=NCCCOCc1ccco1)NCCCCn1cnnc1.I. The van der Waals surface area contributed by atoms with Crippen molar-refractivity contribution in [2.75, 3.05) is 26.2 Å². The van der Waals surface area contributed by atoms with Crippen LogP contribution in [0, 0.1) is 0 Å². The van der Waals surface area contributed by atoms with Gasteiger partial charge in [-0.3, -0.25) is 4.99 Å². The van der Waals surface area contributed by atoms with Gasteiger partial charge in [0.15, 0.2) is 5.96 Å². The smallest absolute Gasteiger partial charge is 0.191 e. The van der Waals surface area contributed by atoms with Gasteiger partial charge in [0.25, 0.3) is 0 Å². The molecule has 0 atom stereocenters. The van der Waals surface area contributed by atoms with Crippen LogP contribution >= 0.6 is 24.0 Å². The minimum absolute atomic E-state index is 0. The maximum Gasteiger partial charge on any atom is 0.191 e. The molecule has 0 fully saturated rings. The molecule has 0 aliphatic rings. The molecule has 0 aromatic carbocycles. The Morgan fingerprint density at radius 2 is 2.08 bits per heavy atom. The fourth-order valence-electron chi connectivity index (χ4n) is 2.23. The molecule has 0 amide bonds. The second-order valence-electron chi connectivity index (χ2n) is 5.58. The molecule has 0 saturated heterocycles. The number of aromatic nitrogens is 3. The Morgan fingerprint density at radius 1 is 1.23 bits per heavy atom. The van der Waals surface area contributed by atoms with E-state index in [0.717, 1.165) is 57.2 Å². The first-order valence-electron chi connectivity index (χ1n) is 8.83. The molecule has 26 heavy (non-hydrogen) atoms. The van der Waals surface area contributed by atoms with E-state index in [1.54, 1.807) is 18.9 Å². The van der Waals surface area contributed by atoms with Crippen LogP contribution in [-0.2, 0) is 17.9 Å². The zero-order chi connectivity index (χ0) is 17.6. The van der Waals surface area contributed by atoms with E-state index in [1.807, 2.05) is 16.7 Å². The van der Waals surface area contributed by atoms with E-state index in [1.165, 1.54) is 0 Å². The van der Waals surface area contributed by atoms with Crippen molar-refractivity contribution >= 4 is 29.9 Å². The van der Waals surface area contributed by atoms with Crippen molar-refractivity contribution < 1.29 is 9.15 Å². The van der Waals surface area contributed by atoms with Gasteiger partial charge in [-0.1, -0.05) is 0 Å². The minimum atomic E-state index is 0. The van der Waals surface area contributed by atoms with Crippen molar-refractivity contribution in [2.45, 2.75) is 39.3 Å². The first-order valence-corrected chi connectivity index (χ1v) is 8.83. The normalized spacial score (nSPS) is 11.2. The summed E-state index contributed by atoms with van der Waals surface area (Å²) < 4.78 is 12.8. The number of aliphatic imine (C=N–C) groups is 1. The molecule has 2 aromatic rings. The Hall–Kier alpha value is -1.62. The number of ether oxygens (including phenoxy) is 1. The lowest BCUT2D eigenvalue weighted by Gasteiger charge is -2.11. The van der Waals surface area contributed by atoms with Gasteiger partial charge in [-0.15, -0.1) is 34.2 Å². The lowest BCUT2D eigenvalue weighted by Crippen LogP contribution is -2.38. The predicted octanol–water partition coefficient (Wildman–Crippen LogP) is 2.43. The summed E-state index contributed by atoms with van der Waals surface area (Å²) in [5.74, 6) is 1.71. The molecular formula is C17H29IN6O2. The van der Waals surface area contributed by atoms with Gasteiger partial charge in [-0.25, -0.2) is 0 Å². The highest BCUT2D eigenvalue weighted by Gasteiger charge is 1.98. The Balaban J connectivity index is 0.00000338. The summed E-state index contributed by atoms with van der Waals surface area (Å²) in [4.78, 5) is 4.56. The largest absolute Gasteiger partial charge is 0.467 e. The zero-order valence-electron chi connectivity index (χ0n) is 15.3. The quantitative estimate of drug-likeness (QED) is 0.212. The monoisotopic (exact) mass is 476 g/mol. The average Bonchev–Trinajstić information content (AvgIpc) is 3.31. The van der Waals surface area contributed by atoms with Crippen LogP contribution in [0.25, 0.3) is 0 Å². The number of guanidine groups is 1. The lowest BCUT2D eigenvalue weighted by molar-refractivity contribution is 0.105. The number of hydrogen-bond acceptors (Lipinski definition) is 5. The molecule has 0 saturated carbocycles. The standard InChI is InChI=1S/C17H28N6O2.HI/c1-2-18-17(19-8-3-4-10-23-14-21-22-15-23)20-9-6-11-24-13-16-7-5-12-25-16;/h5,7,12,14-15H,2-4,6,8-11,13H2,1H3,(H2,18,19,20);1H. The molecule has 2 heterocycles. The second kappa shape index (κ2) is 14.5. The predicted molar refractivity (Wildman–Crippen MR) is 112 cm³/mol. The summed E-state index contributed by atoms with van der Waals surface area (Å²) >= 11 is 0. The summed E-state index contributed by atoms with van der Waals surface area (Å²) in [7, 11) is 0. The molecule has 9 heteroatoms. The number of nitrogens with zero attached hydrogens (tertiary/aromatic N) is 4. The van der Waals surface area contributed by atoms with E-state index >= 15 is 0 Å². The maximum absolute atomic E-state index is 5.55. The average molecular weight is 476 g/mol. The van der Waals surface area contributed by atoms with Gasteiger partial charge >= 0.3 is 0 Å². The van der Waals surface area contributed by atoms with Gasteiger partial charge in [0.2, 0.25) is 0 Å². The zero-order valence-corrected chi connectivity index (χ0v) is 17.6. The molecular weight excluding hydrogens is 447 g/mol. The van der Waals surface area contributed by atoms with Crippen LogP contribution < -0.4 is 10.6 Å². The Kier molecular flexibility index (Phi) is 12.5. The Bertz CT molecular complexity index is 574. The number of nitrogens with one attached hydrogen (secondary N) is 2. The molecule has 0 bridgehead atoms. The molecule has 0 aliphatic carbocycles. The summed E-state index contributed by atoms with van der Waals surface area (Å²) in [6.07, 6.45) is 8.16. The van der Waals surface area contributed by atoms with Crippen molar-refractivity contribution in [3.63, 3.8) is 0 Å². The molecule has 0 radical (unpaired) electrons. The van der Waals surface area contributed by atoms with Gasteiger partial charge in [0.05, 0.1) is 6.26 Å². The molecule has 0 aliphatic heterocycles. The van der Waals surface area contributed by atoms with E-state index in [0.29, 0.717) is 13.2 Å². The van der Waals surface area contributed by atoms with Crippen LogP contribution in [0.2, 0.25) is 0 Å². The van der Waals surface area contributed by atoms with E-state index in [2.05, 4.69) is 32.7 Å². The van der Waals surface area contributed by atoms with Crippen LogP contribution in [0.4, 0.5) is 0 Å². The van der Waals surface area contributed by atoms with Crippen LogP contribution in [0.5, 0.6) is 0 Å². The van der Waals surface area contributed by atoms with E-state index in [9.17, 15) is 0 Å². The minimum Gasteiger partial charge on any atom is -0.467 e. The highest BCUT2D eigenvalue weighted by atomic mass is 127. The van der Waals surface area contributed by atoms with E-state index in [-0.39, 0.29) is 24.0 Å². The van der Waals surface area contributed by atoms with Gasteiger partial charge in [0.1, 0.15) is 25.0 Å². The van der Waals surface area contributed by atoms with E-state index in [4.69, 9.17) is 9.15 Å². The fourth-order valence-corrected chi connectivity index (χ4v) is 2.23. The van der Waals surface area contributed by atoms with Crippen molar-refractivity contribution in [1.29, 1.82) is 0 Å². The molecule has 2 N–H and O–H groups in total. The lowest BCUT2D eigenvalue weighted by atomic mass is 10.3. The van der Waals surface area contributed by atoms with Crippen LogP contribution in [0.15, 0.2) is 40.5 Å². The summed E-state index contributed by atoms with van der Waals surface area (Å²) in [5, 5.41) is 14.2. The third-order valence-electron chi connectivity index (χ3n) is 3.49. The molecule has 0 spiro atoms. The van der Waals surface area contributed by atoms with Crippen LogP contribution in [-0.4, -0.2) is 47.0 Å². The van der Waals surface area contributed by atoms with Gasteiger partial charge in [-0.05, 0) is 38.3 Å². The number of unbranched alkanes of at least 4 members (excludes halogenated alkanes) is 1. The summed E-state index contributed by atoms with van der Waals surface area (Å²) in [6.45, 7) is 6.66. The fraction of sp³-hybridized carbons (Fsp3) is 0.588. The maximum atomic E-state index is 5.55. The van der Waals surface area contributed by atoms with Gasteiger partial charge < -0.3 is 24.4 Å².